The van der Waals surface area contributed by atoms with E-state index < -0.39 is 5.60 Å². The molecule has 0 aromatic carbocycles. The molecule has 0 saturated carbocycles. The van der Waals surface area contributed by atoms with Crippen molar-refractivity contribution in [1.29, 1.82) is 0 Å². The van der Waals surface area contributed by atoms with E-state index in [-0.39, 0.29) is 6.01 Å². The summed E-state index contributed by atoms with van der Waals surface area (Å²) in [5, 5.41) is 10.5. The third kappa shape index (κ3) is 2.79. The van der Waals surface area contributed by atoms with Crippen LogP contribution in [0.1, 0.15) is 19.8 Å². The van der Waals surface area contributed by atoms with Crippen LogP contribution in [-0.2, 0) is 0 Å². The minimum absolute atomic E-state index is 0.287. The van der Waals surface area contributed by atoms with Gasteiger partial charge in [0.25, 0.3) is 0 Å². The van der Waals surface area contributed by atoms with Crippen molar-refractivity contribution in [2.75, 3.05) is 25.1 Å². The van der Waals surface area contributed by atoms with Crippen LogP contribution in [-0.4, -0.2) is 40.9 Å². The van der Waals surface area contributed by atoms with Crippen LogP contribution in [0.2, 0.25) is 5.02 Å². The number of nitrogens with zero attached hydrogens (tertiary/aromatic N) is 3. The molecule has 1 aromatic heterocycles. The fourth-order valence-electron chi connectivity index (χ4n) is 2.06. The van der Waals surface area contributed by atoms with E-state index in [4.69, 9.17) is 16.3 Å². The molecule has 0 radical (unpaired) electrons. The van der Waals surface area contributed by atoms with Crippen molar-refractivity contribution in [2.45, 2.75) is 25.4 Å². The third-order valence-electron chi connectivity index (χ3n) is 2.86. The first-order valence-corrected chi connectivity index (χ1v) is 5.93. The lowest BCUT2D eigenvalue weighted by molar-refractivity contribution is 0.0446. The van der Waals surface area contributed by atoms with E-state index in [1.165, 1.54) is 13.3 Å². The molecule has 1 aliphatic heterocycles. The molecule has 0 spiro atoms. The predicted molar refractivity (Wildman–Crippen MR) is 65.7 cm³/mol. The Balaban J connectivity index is 2.26. The van der Waals surface area contributed by atoms with E-state index >= 15 is 0 Å². The zero-order chi connectivity index (χ0) is 12.5. The number of methoxy groups -OCH3 is 1. The van der Waals surface area contributed by atoms with E-state index in [1.54, 1.807) is 0 Å². The molecule has 1 aliphatic rings. The van der Waals surface area contributed by atoms with Crippen LogP contribution in [0, 0.1) is 0 Å². The summed E-state index contributed by atoms with van der Waals surface area (Å²) in [6, 6.07) is 0.287. The van der Waals surface area contributed by atoms with Crippen LogP contribution in [0.5, 0.6) is 6.01 Å². The molecule has 0 amide bonds. The average Bonchev–Trinajstić information content (AvgIpc) is 2.28. The molecule has 94 valence electrons. The second kappa shape index (κ2) is 4.66. The molecule has 2 heterocycles. The first-order valence-electron chi connectivity index (χ1n) is 5.56. The Morgan fingerprint density at radius 1 is 1.59 bits per heavy atom. The minimum atomic E-state index is -0.695. The van der Waals surface area contributed by atoms with Crippen LogP contribution in [0.3, 0.4) is 0 Å². The fourth-order valence-corrected chi connectivity index (χ4v) is 2.27. The Bertz CT molecular complexity index is 412. The number of ether oxygens (including phenoxy) is 1. The number of hydrogen-bond donors (Lipinski definition) is 1. The van der Waals surface area contributed by atoms with Gasteiger partial charge in [-0.2, -0.15) is 4.98 Å². The molecule has 1 atom stereocenters. The van der Waals surface area contributed by atoms with Crippen LogP contribution in [0.25, 0.3) is 0 Å². The number of aliphatic hydroxyl groups is 1. The molecule has 1 unspecified atom stereocenters. The van der Waals surface area contributed by atoms with Crippen molar-refractivity contribution in [3.8, 4) is 6.01 Å². The van der Waals surface area contributed by atoms with Crippen LogP contribution < -0.4 is 9.64 Å². The van der Waals surface area contributed by atoms with E-state index in [2.05, 4.69) is 9.97 Å². The van der Waals surface area contributed by atoms with Gasteiger partial charge in [-0.1, -0.05) is 11.6 Å². The normalized spacial score (nSPS) is 24.8. The quantitative estimate of drug-likeness (QED) is 0.870. The number of anilines is 1. The van der Waals surface area contributed by atoms with Gasteiger partial charge in [0, 0.05) is 13.1 Å². The Hall–Kier alpha value is -1.07. The molecule has 1 N–H and O–H groups in total. The highest BCUT2D eigenvalue weighted by molar-refractivity contribution is 6.32. The SMILES string of the molecule is COc1ncc(Cl)c(N2CCCC(C)(O)C2)n1. The van der Waals surface area contributed by atoms with E-state index in [0.717, 1.165) is 19.4 Å². The lowest BCUT2D eigenvalue weighted by Crippen LogP contribution is -2.46. The highest BCUT2D eigenvalue weighted by Gasteiger charge is 2.30. The van der Waals surface area contributed by atoms with Crippen molar-refractivity contribution >= 4 is 17.4 Å². The highest BCUT2D eigenvalue weighted by Crippen LogP contribution is 2.29. The molecule has 1 fully saturated rings. The second-order valence-electron chi connectivity index (χ2n) is 4.55. The van der Waals surface area contributed by atoms with Crippen molar-refractivity contribution < 1.29 is 9.84 Å². The Morgan fingerprint density at radius 2 is 2.35 bits per heavy atom. The molecule has 6 heteroatoms. The average molecular weight is 258 g/mol. The maximum Gasteiger partial charge on any atom is 0.318 e. The standard InChI is InChI=1S/C11H16ClN3O2/c1-11(16)4-3-5-15(7-11)9-8(12)6-13-10(14-9)17-2/h6,16H,3-5,7H2,1-2H3. The van der Waals surface area contributed by atoms with Gasteiger partial charge in [0.1, 0.15) is 5.02 Å². The van der Waals surface area contributed by atoms with Crippen LogP contribution >= 0.6 is 11.6 Å². The molecule has 2 rings (SSSR count). The number of hydrogen-bond acceptors (Lipinski definition) is 5. The summed E-state index contributed by atoms with van der Waals surface area (Å²) in [6.07, 6.45) is 3.23. The maximum absolute atomic E-state index is 10.1. The van der Waals surface area contributed by atoms with Gasteiger partial charge in [0.15, 0.2) is 5.82 Å². The first-order chi connectivity index (χ1) is 8.02. The van der Waals surface area contributed by atoms with Gasteiger partial charge >= 0.3 is 6.01 Å². The van der Waals surface area contributed by atoms with Crippen molar-refractivity contribution in [1.82, 2.24) is 9.97 Å². The number of piperidine rings is 1. The molecule has 5 nitrogen and oxygen atoms in total. The summed E-state index contributed by atoms with van der Waals surface area (Å²) in [6.45, 7) is 3.18. The fraction of sp³-hybridized carbons (Fsp3) is 0.636. The minimum Gasteiger partial charge on any atom is -0.467 e. The summed E-state index contributed by atoms with van der Waals surface area (Å²) in [5.74, 6) is 0.624. The van der Waals surface area contributed by atoms with Gasteiger partial charge in [0.05, 0.1) is 18.9 Å². The lowest BCUT2D eigenvalue weighted by atomic mass is 9.95. The van der Waals surface area contributed by atoms with Gasteiger partial charge < -0.3 is 14.7 Å². The van der Waals surface area contributed by atoms with E-state index in [0.29, 0.717) is 17.4 Å². The van der Waals surface area contributed by atoms with Crippen molar-refractivity contribution in [3.05, 3.63) is 11.2 Å². The molecule has 0 aliphatic carbocycles. The summed E-state index contributed by atoms with van der Waals surface area (Å²) >= 11 is 6.08. The Labute approximate surface area is 105 Å². The number of β-amino-alcohol motifs (C(OH)–C–C–N with tert-alkyl or cyclic N) is 1. The molecule has 0 bridgehead atoms. The first kappa shape index (κ1) is 12.4. The molecule has 17 heavy (non-hydrogen) atoms. The summed E-state index contributed by atoms with van der Waals surface area (Å²) in [5.41, 5.74) is -0.695. The monoisotopic (exact) mass is 257 g/mol. The largest absolute Gasteiger partial charge is 0.467 e. The topological polar surface area (TPSA) is 58.5 Å². The maximum atomic E-state index is 10.1. The lowest BCUT2D eigenvalue weighted by Gasteiger charge is -2.37. The molecular formula is C11H16ClN3O2. The number of rotatable bonds is 2. The van der Waals surface area contributed by atoms with E-state index in [9.17, 15) is 5.11 Å². The van der Waals surface area contributed by atoms with Gasteiger partial charge in [0.2, 0.25) is 0 Å². The smallest absolute Gasteiger partial charge is 0.318 e. The summed E-state index contributed by atoms with van der Waals surface area (Å²) in [4.78, 5) is 10.1. The van der Waals surface area contributed by atoms with Gasteiger partial charge in [-0.3, -0.25) is 0 Å². The van der Waals surface area contributed by atoms with Gasteiger partial charge in [-0.05, 0) is 19.8 Å². The summed E-state index contributed by atoms with van der Waals surface area (Å²) in [7, 11) is 1.51. The van der Waals surface area contributed by atoms with Crippen molar-refractivity contribution in [2.24, 2.45) is 0 Å². The zero-order valence-electron chi connectivity index (χ0n) is 9.98. The number of halogens is 1. The third-order valence-corrected chi connectivity index (χ3v) is 3.13. The highest BCUT2D eigenvalue weighted by atomic mass is 35.5. The predicted octanol–water partition coefficient (Wildman–Crippen LogP) is 1.49. The Morgan fingerprint density at radius 3 is 3.00 bits per heavy atom. The van der Waals surface area contributed by atoms with Gasteiger partial charge in [-0.15, -0.1) is 0 Å². The van der Waals surface area contributed by atoms with Gasteiger partial charge in [-0.25, -0.2) is 4.98 Å². The second-order valence-corrected chi connectivity index (χ2v) is 4.96. The molecular weight excluding hydrogens is 242 g/mol. The van der Waals surface area contributed by atoms with Crippen molar-refractivity contribution in [3.63, 3.8) is 0 Å². The zero-order valence-corrected chi connectivity index (χ0v) is 10.7. The van der Waals surface area contributed by atoms with E-state index in [1.807, 2.05) is 11.8 Å². The van der Waals surface area contributed by atoms with Crippen LogP contribution in [0.4, 0.5) is 5.82 Å². The molecule has 1 aromatic rings. The van der Waals surface area contributed by atoms with Crippen LogP contribution in [0.15, 0.2) is 6.20 Å². The number of aromatic nitrogens is 2. The Kier molecular flexibility index (Phi) is 3.40. The summed E-state index contributed by atoms with van der Waals surface area (Å²) < 4.78 is 4.98. The molecule has 1 saturated heterocycles.